The molecule has 0 aromatic carbocycles. The molecule has 0 saturated carbocycles. The van der Waals surface area contributed by atoms with Crippen LogP contribution in [0.5, 0.6) is 0 Å². The molecule has 2 atom stereocenters. The molecule has 1 aliphatic heterocycles. The first-order valence-corrected chi connectivity index (χ1v) is 10.7. The van der Waals surface area contributed by atoms with E-state index in [9.17, 15) is 4.79 Å². The van der Waals surface area contributed by atoms with Gasteiger partial charge in [0.2, 0.25) is 5.91 Å². The summed E-state index contributed by atoms with van der Waals surface area (Å²) in [5, 5.41) is 2.18. The van der Waals surface area contributed by atoms with Crippen molar-refractivity contribution in [3.63, 3.8) is 0 Å². The number of thioether (sulfide) groups is 1. The Morgan fingerprint density at radius 3 is 2.80 bits per heavy atom. The lowest BCUT2D eigenvalue weighted by Crippen LogP contribution is -2.48. The molecular weight excluding hydrogens is 354 g/mol. The first-order chi connectivity index (χ1) is 12.0. The van der Waals surface area contributed by atoms with Crippen LogP contribution in [0.1, 0.15) is 36.5 Å². The predicted molar refractivity (Wildman–Crippen MR) is 101 cm³/mol. The minimum absolute atomic E-state index is 0.103. The fraction of sp³-hybridized carbons (Fsp3) is 0.611. The van der Waals surface area contributed by atoms with Gasteiger partial charge >= 0.3 is 0 Å². The molecule has 4 rings (SSSR count). The summed E-state index contributed by atoms with van der Waals surface area (Å²) in [7, 11) is 0. The van der Waals surface area contributed by atoms with Crippen LogP contribution in [0.4, 0.5) is 0 Å². The summed E-state index contributed by atoms with van der Waals surface area (Å²) in [5.41, 5.74) is 1.42. The maximum absolute atomic E-state index is 12.7. The summed E-state index contributed by atoms with van der Waals surface area (Å²) >= 11 is 3.36. The quantitative estimate of drug-likeness (QED) is 0.607. The summed E-state index contributed by atoms with van der Waals surface area (Å²) in [6, 6.07) is 0. The molecule has 0 N–H and O–H groups in total. The molecule has 2 aromatic heterocycles. The van der Waals surface area contributed by atoms with Gasteiger partial charge in [-0.3, -0.25) is 4.79 Å². The average Bonchev–Trinajstić information content (AvgIpc) is 3.11. The molecule has 2 aromatic rings. The molecule has 25 heavy (non-hydrogen) atoms. The Bertz CT molecular complexity index is 810. The number of nitrogens with zero attached hydrogens (tertiary/aromatic N) is 3. The number of amides is 1. The van der Waals surface area contributed by atoms with Crippen LogP contribution < -0.4 is 0 Å². The van der Waals surface area contributed by atoms with Crippen molar-refractivity contribution in [3.05, 3.63) is 16.3 Å². The molecule has 0 bridgehead atoms. The normalized spacial score (nSPS) is 23.2. The molecular formula is C18H23N3O2S2. The molecule has 0 unspecified atom stereocenters. The first kappa shape index (κ1) is 17.2. The van der Waals surface area contributed by atoms with Crippen molar-refractivity contribution in [2.24, 2.45) is 0 Å². The Hall–Kier alpha value is -1.18. The third kappa shape index (κ3) is 3.41. The number of aryl methyl sites for hydroxylation is 3. The molecule has 0 spiro atoms. The minimum Gasteiger partial charge on any atom is -0.372 e. The lowest BCUT2D eigenvalue weighted by atomic mass is 10.2. The van der Waals surface area contributed by atoms with Crippen molar-refractivity contribution in [3.8, 4) is 0 Å². The highest BCUT2D eigenvalue weighted by Crippen LogP contribution is 2.40. The number of hydrogen-bond donors (Lipinski definition) is 0. The van der Waals surface area contributed by atoms with E-state index in [-0.39, 0.29) is 18.1 Å². The van der Waals surface area contributed by atoms with Crippen molar-refractivity contribution in [1.82, 2.24) is 14.9 Å². The predicted octanol–water partition coefficient (Wildman–Crippen LogP) is 3.22. The maximum Gasteiger partial charge on any atom is 0.233 e. The molecule has 1 aliphatic carbocycles. The Morgan fingerprint density at radius 2 is 2.04 bits per heavy atom. The van der Waals surface area contributed by atoms with E-state index in [1.54, 1.807) is 23.1 Å². The molecule has 7 heteroatoms. The number of carbonyl (C=O) groups is 1. The molecule has 5 nitrogen and oxygen atoms in total. The number of carbonyl (C=O) groups excluding carboxylic acids is 1. The van der Waals surface area contributed by atoms with Crippen LogP contribution in [0.2, 0.25) is 0 Å². The third-order valence-electron chi connectivity index (χ3n) is 4.75. The van der Waals surface area contributed by atoms with Gasteiger partial charge in [0.1, 0.15) is 15.7 Å². The summed E-state index contributed by atoms with van der Waals surface area (Å²) in [6.45, 7) is 7.33. The Kier molecular flexibility index (Phi) is 4.73. The lowest BCUT2D eigenvalue weighted by Gasteiger charge is -2.35. The van der Waals surface area contributed by atoms with Crippen LogP contribution in [0.15, 0.2) is 5.03 Å². The summed E-state index contributed by atoms with van der Waals surface area (Å²) in [4.78, 5) is 26.4. The topological polar surface area (TPSA) is 55.3 Å². The van der Waals surface area contributed by atoms with E-state index in [1.165, 1.54) is 22.2 Å². The van der Waals surface area contributed by atoms with Crippen LogP contribution in [0.3, 0.4) is 0 Å². The highest BCUT2D eigenvalue weighted by atomic mass is 32.2. The van der Waals surface area contributed by atoms with Gasteiger partial charge in [0, 0.05) is 23.4 Å². The summed E-state index contributed by atoms with van der Waals surface area (Å²) in [5.74, 6) is 1.38. The average molecular weight is 378 g/mol. The second-order valence-electron chi connectivity index (χ2n) is 6.96. The molecule has 3 heterocycles. The Balaban J connectivity index is 1.54. The van der Waals surface area contributed by atoms with E-state index < -0.39 is 0 Å². The number of aromatic nitrogens is 2. The molecule has 1 amide bonds. The molecule has 2 aliphatic rings. The second-order valence-corrected chi connectivity index (χ2v) is 9.01. The Labute approximate surface area is 156 Å². The van der Waals surface area contributed by atoms with Crippen molar-refractivity contribution in [2.45, 2.75) is 57.3 Å². The lowest BCUT2D eigenvalue weighted by molar-refractivity contribution is -0.140. The largest absolute Gasteiger partial charge is 0.372 e. The number of fused-ring (bicyclic) bond motifs is 3. The van der Waals surface area contributed by atoms with Crippen LogP contribution in [-0.4, -0.2) is 51.8 Å². The molecule has 1 saturated heterocycles. The fourth-order valence-corrected chi connectivity index (χ4v) is 6.15. The fourth-order valence-electron chi connectivity index (χ4n) is 3.77. The summed E-state index contributed by atoms with van der Waals surface area (Å²) < 4.78 is 5.72. The van der Waals surface area contributed by atoms with Crippen molar-refractivity contribution in [1.29, 1.82) is 0 Å². The van der Waals surface area contributed by atoms with E-state index in [4.69, 9.17) is 4.74 Å². The van der Waals surface area contributed by atoms with Gasteiger partial charge < -0.3 is 9.64 Å². The first-order valence-electron chi connectivity index (χ1n) is 8.86. The number of thiophene rings is 1. The van der Waals surface area contributed by atoms with Gasteiger partial charge in [-0.1, -0.05) is 11.8 Å². The monoisotopic (exact) mass is 377 g/mol. The van der Waals surface area contributed by atoms with E-state index in [0.717, 1.165) is 28.5 Å². The van der Waals surface area contributed by atoms with Gasteiger partial charge in [0.25, 0.3) is 0 Å². The van der Waals surface area contributed by atoms with E-state index in [0.29, 0.717) is 18.8 Å². The number of hydrogen-bond acceptors (Lipinski definition) is 6. The molecule has 0 radical (unpaired) electrons. The number of morpholine rings is 1. The van der Waals surface area contributed by atoms with Crippen LogP contribution in [-0.2, 0) is 22.4 Å². The van der Waals surface area contributed by atoms with Crippen molar-refractivity contribution in [2.75, 3.05) is 18.8 Å². The zero-order valence-electron chi connectivity index (χ0n) is 14.9. The van der Waals surface area contributed by atoms with Crippen LogP contribution in [0.25, 0.3) is 10.2 Å². The van der Waals surface area contributed by atoms with Gasteiger partial charge in [-0.15, -0.1) is 11.3 Å². The number of rotatable bonds is 3. The SMILES string of the molecule is Cc1nc(SCC(=O)N2C[C@@H](C)O[C@H](C)C2)c2c3c(sc2n1)CCC3. The van der Waals surface area contributed by atoms with Gasteiger partial charge in [0.15, 0.2) is 0 Å². The minimum atomic E-state index is 0.103. The van der Waals surface area contributed by atoms with Gasteiger partial charge in [0.05, 0.1) is 18.0 Å². The van der Waals surface area contributed by atoms with E-state index >= 15 is 0 Å². The maximum atomic E-state index is 12.7. The third-order valence-corrected chi connectivity index (χ3v) is 6.89. The Morgan fingerprint density at radius 1 is 1.28 bits per heavy atom. The number of ether oxygens (including phenoxy) is 1. The summed E-state index contributed by atoms with van der Waals surface area (Å²) in [6.07, 6.45) is 3.69. The van der Waals surface area contributed by atoms with Crippen molar-refractivity contribution >= 4 is 39.2 Å². The smallest absolute Gasteiger partial charge is 0.233 e. The van der Waals surface area contributed by atoms with E-state index in [1.807, 2.05) is 25.7 Å². The molecule has 134 valence electrons. The van der Waals surface area contributed by atoms with Crippen molar-refractivity contribution < 1.29 is 9.53 Å². The standard InChI is InChI=1S/C18H23N3O2S2/c1-10-7-21(8-11(2)23-10)15(22)9-24-17-16-13-5-4-6-14(13)25-18(16)20-12(3)19-17/h10-11H,4-9H2,1-3H3/t10-,11-/m1/s1. The second kappa shape index (κ2) is 6.85. The highest BCUT2D eigenvalue weighted by Gasteiger charge is 2.27. The zero-order chi connectivity index (χ0) is 17.6. The van der Waals surface area contributed by atoms with Crippen LogP contribution >= 0.6 is 23.1 Å². The van der Waals surface area contributed by atoms with E-state index in [2.05, 4.69) is 9.97 Å². The van der Waals surface area contributed by atoms with Crippen LogP contribution in [0, 0.1) is 6.92 Å². The molecule has 1 fully saturated rings. The zero-order valence-corrected chi connectivity index (χ0v) is 16.5. The van der Waals surface area contributed by atoms with Gasteiger partial charge in [-0.25, -0.2) is 9.97 Å². The van der Waals surface area contributed by atoms with Gasteiger partial charge in [-0.2, -0.15) is 0 Å². The highest BCUT2D eigenvalue weighted by molar-refractivity contribution is 8.00. The van der Waals surface area contributed by atoms with Gasteiger partial charge in [-0.05, 0) is 45.6 Å².